The topological polar surface area (TPSA) is 59.1 Å². The van der Waals surface area contributed by atoms with Crippen molar-refractivity contribution in [3.8, 4) is 0 Å². The number of anilines is 1. The second-order valence-electron chi connectivity index (χ2n) is 3.06. The van der Waals surface area contributed by atoms with Crippen molar-refractivity contribution in [1.29, 1.82) is 0 Å². The molecule has 78 valence electrons. The van der Waals surface area contributed by atoms with E-state index in [4.69, 9.17) is 0 Å². The monoisotopic (exact) mass is 278 g/mol. The predicted octanol–water partition coefficient (Wildman–Crippen LogP) is 1.99. The Hall–Kier alpha value is -0.620. The van der Waals surface area contributed by atoms with E-state index in [1.165, 1.54) is 6.20 Å². The molecule has 0 aromatic carbocycles. The van der Waals surface area contributed by atoms with E-state index in [1.54, 1.807) is 26.0 Å². The largest absolute Gasteiger partial charge is 0.267 e. The summed E-state index contributed by atoms with van der Waals surface area (Å²) in [6.45, 7) is 3.22. The highest BCUT2D eigenvalue weighted by Gasteiger charge is 2.15. The maximum atomic E-state index is 11.4. The Morgan fingerprint density at radius 2 is 2.07 bits per heavy atom. The highest BCUT2D eigenvalue weighted by Crippen LogP contribution is 2.12. The van der Waals surface area contributed by atoms with Gasteiger partial charge in [-0.2, -0.15) is 0 Å². The lowest BCUT2D eigenvalue weighted by atomic mass is 10.5. The fraction of sp³-hybridized carbons (Fsp3) is 0.375. The van der Waals surface area contributed by atoms with Gasteiger partial charge < -0.3 is 0 Å². The molecule has 0 spiro atoms. The van der Waals surface area contributed by atoms with Crippen LogP contribution in [0.4, 0.5) is 5.82 Å². The molecule has 4 nitrogen and oxygen atoms in total. The molecule has 0 aliphatic heterocycles. The van der Waals surface area contributed by atoms with E-state index in [1.807, 2.05) is 0 Å². The quantitative estimate of drug-likeness (QED) is 0.920. The van der Waals surface area contributed by atoms with Gasteiger partial charge in [-0.25, -0.2) is 13.4 Å². The zero-order valence-corrected chi connectivity index (χ0v) is 10.3. The first-order valence-corrected chi connectivity index (χ1v) is 6.39. The Bertz CT molecular complexity index is 400. The Kier molecular flexibility index (Phi) is 3.49. The third kappa shape index (κ3) is 2.95. The minimum absolute atomic E-state index is 0.335. The molecule has 0 saturated carbocycles. The third-order valence-electron chi connectivity index (χ3n) is 1.59. The molecule has 1 rings (SSSR count). The van der Waals surface area contributed by atoms with Crippen molar-refractivity contribution in [2.75, 3.05) is 4.72 Å². The van der Waals surface area contributed by atoms with Gasteiger partial charge in [-0.3, -0.25) is 4.72 Å². The first-order chi connectivity index (χ1) is 6.42. The van der Waals surface area contributed by atoms with Crippen molar-refractivity contribution >= 4 is 31.8 Å². The van der Waals surface area contributed by atoms with E-state index in [9.17, 15) is 8.42 Å². The molecule has 1 heterocycles. The minimum Gasteiger partial charge on any atom is -0.267 e. The fourth-order valence-electron chi connectivity index (χ4n) is 0.700. The summed E-state index contributed by atoms with van der Waals surface area (Å²) < 4.78 is 26.0. The van der Waals surface area contributed by atoms with Gasteiger partial charge in [0.25, 0.3) is 0 Å². The van der Waals surface area contributed by atoms with E-state index in [-0.39, 0.29) is 0 Å². The molecule has 0 fully saturated rings. The summed E-state index contributed by atoms with van der Waals surface area (Å²) in [7, 11) is -3.29. The summed E-state index contributed by atoms with van der Waals surface area (Å²) in [5, 5.41) is -0.465. The van der Waals surface area contributed by atoms with Crippen LogP contribution in [0.5, 0.6) is 0 Å². The van der Waals surface area contributed by atoms with Crippen molar-refractivity contribution < 1.29 is 8.42 Å². The van der Waals surface area contributed by atoms with Crippen molar-refractivity contribution in [1.82, 2.24) is 4.98 Å². The number of rotatable bonds is 3. The van der Waals surface area contributed by atoms with E-state index < -0.39 is 15.3 Å². The van der Waals surface area contributed by atoms with Gasteiger partial charge >= 0.3 is 0 Å². The van der Waals surface area contributed by atoms with Gasteiger partial charge in [-0.15, -0.1) is 0 Å². The lowest BCUT2D eigenvalue weighted by Gasteiger charge is -2.09. The first-order valence-electron chi connectivity index (χ1n) is 4.05. The number of nitrogens with one attached hydrogen (secondary N) is 1. The molecule has 0 amide bonds. The molecule has 0 bridgehead atoms. The Morgan fingerprint density at radius 1 is 1.43 bits per heavy atom. The number of halogens is 1. The lowest BCUT2D eigenvalue weighted by Crippen LogP contribution is -2.22. The molecule has 1 N–H and O–H groups in total. The van der Waals surface area contributed by atoms with Crippen LogP contribution in [-0.2, 0) is 10.0 Å². The van der Waals surface area contributed by atoms with E-state index in [0.717, 1.165) is 4.47 Å². The molecule has 0 aliphatic carbocycles. The second-order valence-corrected chi connectivity index (χ2v) is 6.21. The molecule has 6 heteroatoms. The predicted molar refractivity (Wildman–Crippen MR) is 59.6 cm³/mol. The summed E-state index contributed by atoms with van der Waals surface area (Å²) >= 11 is 3.21. The zero-order chi connectivity index (χ0) is 10.8. The van der Waals surface area contributed by atoms with Crippen LogP contribution < -0.4 is 4.72 Å². The standard InChI is InChI=1S/C8H11BrN2O2S/c1-6(2)14(12,13)11-8-4-3-7(9)5-10-8/h3-6H,1-2H3,(H,10,11). The molecule has 0 aliphatic rings. The fourth-order valence-corrected chi connectivity index (χ4v) is 1.58. The molecule has 1 aromatic rings. The SMILES string of the molecule is CC(C)S(=O)(=O)Nc1ccc(Br)cn1. The summed E-state index contributed by atoms with van der Waals surface area (Å²) in [6.07, 6.45) is 1.54. The Labute approximate surface area is 91.9 Å². The van der Waals surface area contributed by atoms with Crippen molar-refractivity contribution in [3.63, 3.8) is 0 Å². The molecular weight excluding hydrogens is 268 g/mol. The number of hydrogen-bond donors (Lipinski definition) is 1. The highest BCUT2D eigenvalue weighted by molar-refractivity contribution is 9.10. The zero-order valence-electron chi connectivity index (χ0n) is 7.86. The third-order valence-corrected chi connectivity index (χ3v) is 3.80. The maximum Gasteiger partial charge on any atom is 0.236 e. The van der Waals surface area contributed by atoms with Crippen LogP contribution in [0, 0.1) is 0 Å². The van der Waals surface area contributed by atoms with Gasteiger partial charge in [-0.1, -0.05) is 0 Å². The molecule has 0 saturated heterocycles. The summed E-state index contributed by atoms with van der Waals surface area (Å²) in [5.41, 5.74) is 0. The summed E-state index contributed by atoms with van der Waals surface area (Å²) in [4.78, 5) is 3.91. The van der Waals surface area contributed by atoms with Crippen LogP contribution in [0.15, 0.2) is 22.8 Å². The van der Waals surface area contributed by atoms with E-state index in [0.29, 0.717) is 5.82 Å². The smallest absolute Gasteiger partial charge is 0.236 e. The van der Waals surface area contributed by atoms with Gasteiger partial charge in [0, 0.05) is 10.7 Å². The van der Waals surface area contributed by atoms with Gasteiger partial charge in [0.2, 0.25) is 10.0 Å². The van der Waals surface area contributed by atoms with Gasteiger partial charge in [0.15, 0.2) is 0 Å². The highest BCUT2D eigenvalue weighted by atomic mass is 79.9. The summed E-state index contributed by atoms with van der Waals surface area (Å²) in [6, 6.07) is 3.33. The Morgan fingerprint density at radius 3 is 2.50 bits per heavy atom. The molecule has 0 radical (unpaired) electrons. The molecule has 0 atom stereocenters. The summed E-state index contributed by atoms with van der Waals surface area (Å²) in [5.74, 6) is 0.335. The Balaban J connectivity index is 2.85. The number of sulfonamides is 1. The maximum absolute atomic E-state index is 11.4. The van der Waals surface area contributed by atoms with Gasteiger partial charge in [0.05, 0.1) is 5.25 Å². The number of pyridine rings is 1. The number of hydrogen-bond acceptors (Lipinski definition) is 3. The molecule has 0 unspecified atom stereocenters. The van der Waals surface area contributed by atoms with Gasteiger partial charge in [-0.05, 0) is 41.9 Å². The van der Waals surface area contributed by atoms with Crippen LogP contribution >= 0.6 is 15.9 Å². The second kappa shape index (κ2) is 4.27. The van der Waals surface area contributed by atoms with E-state index >= 15 is 0 Å². The van der Waals surface area contributed by atoms with Gasteiger partial charge in [0.1, 0.15) is 5.82 Å². The molecular formula is C8H11BrN2O2S. The van der Waals surface area contributed by atoms with Crippen LogP contribution in [0.25, 0.3) is 0 Å². The average Bonchev–Trinajstić information content (AvgIpc) is 2.08. The normalized spacial score (nSPS) is 11.7. The van der Waals surface area contributed by atoms with Crippen molar-refractivity contribution in [2.45, 2.75) is 19.1 Å². The molecule has 1 aromatic heterocycles. The minimum atomic E-state index is -3.29. The number of aromatic nitrogens is 1. The van der Waals surface area contributed by atoms with Crippen LogP contribution in [0.2, 0.25) is 0 Å². The molecule has 14 heavy (non-hydrogen) atoms. The van der Waals surface area contributed by atoms with E-state index in [2.05, 4.69) is 25.6 Å². The van der Waals surface area contributed by atoms with Crippen LogP contribution in [-0.4, -0.2) is 18.7 Å². The van der Waals surface area contributed by atoms with Crippen molar-refractivity contribution in [2.24, 2.45) is 0 Å². The van der Waals surface area contributed by atoms with Crippen molar-refractivity contribution in [3.05, 3.63) is 22.8 Å². The lowest BCUT2D eigenvalue weighted by molar-refractivity contribution is 0.592. The van der Waals surface area contributed by atoms with Crippen LogP contribution in [0.1, 0.15) is 13.8 Å². The first kappa shape index (κ1) is 11.5. The van der Waals surface area contributed by atoms with Crippen LogP contribution in [0.3, 0.4) is 0 Å². The average molecular weight is 279 g/mol. The number of nitrogens with zero attached hydrogens (tertiary/aromatic N) is 1.